The van der Waals surface area contributed by atoms with E-state index in [2.05, 4.69) is 15.2 Å². The van der Waals surface area contributed by atoms with Gasteiger partial charge in [0.25, 0.3) is 0 Å². The van der Waals surface area contributed by atoms with Crippen molar-refractivity contribution in [2.75, 3.05) is 19.6 Å². The standard InChI is InChI=1S/C13H20ClN3OS/c1-10-13(18)15-5-7-17(10)6-3-2-4-12-16-11(8-14)9-19-12/h9-10H,2-8H2,1H3,(H,15,18). The number of nitrogens with zero attached hydrogens (tertiary/aromatic N) is 2. The van der Waals surface area contributed by atoms with Crippen molar-refractivity contribution < 1.29 is 4.79 Å². The van der Waals surface area contributed by atoms with Gasteiger partial charge in [-0.2, -0.15) is 0 Å². The molecule has 0 saturated carbocycles. The van der Waals surface area contributed by atoms with Gasteiger partial charge in [-0.15, -0.1) is 22.9 Å². The first-order valence-corrected chi connectivity index (χ1v) is 8.13. The van der Waals surface area contributed by atoms with Crippen LogP contribution in [0.5, 0.6) is 0 Å². The number of carbonyl (C=O) groups excluding carboxylic acids is 1. The Morgan fingerprint density at radius 1 is 1.58 bits per heavy atom. The summed E-state index contributed by atoms with van der Waals surface area (Å²) in [5.41, 5.74) is 0.975. The predicted molar refractivity (Wildman–Crippen MR) is 78.7 cm³/mol. The summed E-state index contributed by atoms with van der Waals surface area (Å²) in [6.07, 6.45) is 3.23. The molecule has 1 aliphatic heterocycles. The topological polar surface area (TPSA) is 45.2 Å². The summed E-state index contributed by atoms with van der Waals surface area (Å²) in [7, 11) is 0. The minimum absolute atomic E-state index is 0.0106. The number of nitrogens with one attached hydrogen (secondary N) is 1. The molecule has 6 heteroatoms. The fraction of sp³-hybridized carbons (Fsp3) is 0.692. The number of alkyl halides is 1. The van der Waals surface area contributed by atoms with Crippen LogP contribution in [0.2, 0.25) is 0 Å². The SMILES string of the molecule is CC1C(=O)NCCN1CCCCc1nc(CCl)cs1. The van der Waals surface area contributed by atoms with Crippen LogP contribution < -0.4 is 5.32 Å². The maximum atomic E-state index is 11.5. The second-order valence-electron chi connectivity index (χ2n) is 4.83. The van der Waals surface area contributed by atoms with Crippen molar-refractivity contribution in [3.63, 3.8) is 0 Å². The number of hydrogen-bond donors (Lipinski definition) is 1. The number of hydrogen-bond acceptors (Lipinski definition) is 4. The van der Waals surface area contributed by atoms with Crippen LogP contribution in [0.1, 0.15) is 30.5 Å². The van der Waals surface area contributed by atoms with E-state index in [9.17, 15) is 4.79 Å². The lowest BCUT2D eigenvalue weighted by Gasteiger charge is -2.32. The van der Waals surface area contributed by atoms with E-state index in [0.29, 0.717) is 5.88 Å². The molecule has 0 aromatic carbocycles. The van der Waals surface area contributed by atoms with Gasteiger partial charge in [-0.3, -0.25) is 9.69 Å². The second kappa shape index (κ2) is 7.22. The summed E-state index contributed by atoms with van der Waals surface area (Å²) >= 11 is 7.42. The van der Waals surface area contributed by atoms with Crippen LogP contribution in [0, 0.1) is 0 Å². The highest BCUT2D eigenvalue weighted by Crippen LogP contribution is 2.14. The molecule has 1 atom stereocenters. The highest BCUT2D eigenvalue weighted by molar-refractivity contribution is 7.09. The van der Waals surface area contributed by atoms with Gasteiger partial charge in [0.15, 0.2) is 0 Å². The fourth-order valence-electron chi connectivity index (χ4n) is 2.25. The third-order valence-corrected chi connectivity index (χ3v) is 4.68. The van der Waals surface area contributed by atoms with E-state index >= 15 is 0 Å². The Labute approximate surface area is 123 Å². The van der Waals surface area contributed by atoms with E-state index in [4.69, 9.17) is 11.6 Å². The molecule has 1 unspecified atom stereocenters. The highest BCUT2D eigenvalue weighted by Gasteiger charge is 2.24. The van der Waals surface area contributed by atoms with Crippen molar-refractivity contribution >= 4 is 28.8 Å². The van der Waals surface area contributed by atoms with Gasteiger partial charge in [-0.1, -0.05) is 0 Å². The molecule has 106 valence electrons. The van der Waals surface area contributed by atoms with Gasteiger partial charge >= 0.3 is 0 Å². The summed E-state index contributed by atoms with van der Waals surface area (Å²) in [5, 5.41) is 6.08. The summed E-state index contributed by atoms with van der Waals surface area (Å²) in [5.74, 6) is 0.648. The molecule has 2 rings (SSSR count). The lowest BCUT2D eigenvalue weighted by molar-refractivity contribution is -0.128. The number of carbonyl (C=O) groups is 1. The molecule has 2 heterocycles. The van der Waals surface area contributed by atoms with Crippen LogP contribution >= 0.6 is 22.9 Å². The third kappa shape index (κ3) is 4.16. The Balaban J connectivity index is 1.67. The maximum Gasteiger partial charge on any atom is 0.237 e. The number of aromatic nitrogens is 1. The van der Waals surface area contributed by atoms with E-state index in [-0.39, 0.29) is 11.9 Å². The van der Waals surface area contributed by atoms with Gasteiger partial charge in [-0.25, -0.2) is 4.98 Å². The predicted octanol–water partition coefficient (Wildman–Crippen LogP) is 2.02. The molecule has 1 aromatic rings. The molecule has 19 heavy (non-hydrogen) atoms. The second-order valence-corrected chi connectivity index (χ2v) is 6.04. The average molecular weight is 302 g/mol. The van der Waals surface area contributed by atoms with Crippen molar-refractivity contribution in [2.24, 2.45) is 0 Å². The third-order valence-electron chi connectivity index (χ3n) is 3.45. The zero-order chi connectivity index (χ0) is 13.7. The van der Waals surface area contributed by atoms with Gasteiger partial charge in [-0.05, 0) is 32.7 Å². The minimum Gasteiger partial charge on any atom is -0.353 e. The van der Waals surface area contributed by atoms with E-state index < -0.39 is 0 Å². The molecule has 1 N–H and O–H groups in total. The molecule has 1 amide bonds. The van der Waals surface area contributed by atoms with Gasteiger partial charge in [0.1, 0.15) is 0 Å². The number of thiazole rings is 1. The zero-order valence-corrected chi connectivity index (χ0v) is 12.8. The van der Waals surface area contributed by atoms with Gasteiger partial charge in [0.05, 0.1) is 22.6 Å². The van der Waals surface area contributed by atoms with Crippen LogP contribution in [0.4, 0.5) is 0 Å². The van der Waals surface area contributed by atoms with Crippen LogP contribution in [-0.2, 0) is 17.1 Å². The quantitative estimate of drug-likeness (QED) is 0.646. The van der Waals surface area contributed by atoms with E-state index in [0.717, 1.165) is 44.6 Å². The molecular formula is C13H20ClN3OS. The normalized spacial score (nSPS) is 20.5. The lowest BCUT2D eigenvalue weighted by Crippen LogP contribution is -2.53. The van der Waals surface area contributed by atoms with E-state index in [1.165, 1.54) is 5.01 Å². The molecule has 0 spiro atoms. The van der Waals surface area contributed by atoms with Gasteiger partial charge < -0.3 is 5.32 Å². The molecule has 1 aromatic heterocycles. The fourth-order valence-corrected chi connectivity index (χ4v) is 3.32. The van der Waals surface area contributed by atoms with Crippen LogP contribution in [-0.4, -0.2) is 41.5 Å². The monoisotopic (exact) mass is 301 g/mol. The molecule has 1 fully saturated rings. The first-order valence-electron chi connectivity index (χ1n) is 6.71. The van der Waals surface area contributed by atoms with E-state index in [1.54, 1.807) is 11.3 Å². The summed E-state index contributed by atoms with van der Waals surface area (Å²) in [6, 6.07) is 0.0106. The summed E-state index contributed by atoms with van der Waals surface area (Å²) in [6.45, 7) is 4.69. The smallest absolute Gasteiger partial charge is 0.237 e. The summed E-state index contributed by atoms with van der Waals surface area (Å²) in [4.78, 5) is 18.2. The van der Waals surface area contributed by atoms with Crippen LogP contribution in [0.15, 0.2) is 5.38 Å². The van der Waals surface area contributed by atoms with Gasteiger partial charge in [0.2, 0.25) is 5.91 Å². The van der Waals surface area contributed by atoms with Gasteiger partial charge in [0, 0.05) is 18.5 Å². The van der Waals surface area contributed by atoms with Crippen molar-refractivity contribution in [1.29, 1.82) is 0 Å². The largest absolute Gasteiger partial charge is 0.353 e. The van der Waals surface area contributed by atoms with E-state index in [1.807, 2.05) is 12.3 Å². The first kappa shape index (κ1) is 14.8. The molecule has 1 aliphatic rings. The van der Waals surface area contributed by atoms with Crippen molar-refractivity contribution in [1.82, 2.24) is 15.2 Å². The number of rotatable bonds is 6. The molecule has 0 bridgehead atoms. The molecule has 0 radical (unpaired) electrons. The highest BCUT2D eigenvalue weighted by atomic mass is 35.5. The van der Waals surface area contributed by atoms with Crippen LogP contribution in [0.3, 0.4) is 0 Å². The maximum absolute atomic E-state index is 11.5. The number of halogens is 1. The number of aryl methyl sites for hydroxylation is 1. The Kier molecular flexibility index (Phi) is 5.60. The number of amides is 1. The summed E-state index contributed by atoms with van der Waals surface area (Å²) < 4.78 is 0. The average Bonchev–Trinajstić information content (AvgIpc) is 2.87. The Hall–Kier alpha value is -0.650. The Bertz CT molecular complexity index is 424. The molecule has 0 aliphatic carbocycles. The molecule has 1 saturated heterocycles. The molecular weight excluding hydrogens is 282 g/mol. The number of unbranched alkanes of at least 4 members (excludes halogenated alkanes) is 1. The van der Waals surface area contributed by atoms with Crippen molar-refractivity contribution in [3.05, 3.63) is 16.1 Å². The Morgan fingerprint density at radius 2 is 2.42 bits per heavy atom. The first-order chi connectivity index (χ1) is 9.20. The van der Waals surface area contributed by atoms with Crippen molar-refractivity contribution in [2.45, 2.75) is 38.1 Å². The lowest BCUT2D eigenvalue weighted by atomic mass is 10.1. The zero-order valence-electron chi connectivity index (χ0n) is 11.2. The Morgan fingerprint density at radius 3 is 3.16 bits per heavy atom. The number of piperazine rings is 1. The van der Waals surface area contributed by atoms with Crippen molar-refractivity contribution in [3.8, 4) is 0 Å². The molecule has 4 nitrogen and oxygen atoms in total. The minimum atomic E-state index is 0.0106. The van der Waals surface area contributed by atoms with Crippen LogP contribution in [0.25, 0.3) is 0 Å².